The molecule has 6 heteroatoms. The van der Waals surface area contributed by atoms with E-state index >= 15 is 0 Å². The maximum Gasteiger partial charge on any atom is 0.313 e. The molecule has 0 bridgehead atoms. The fourth-order valence-corrected chi connectivity index (χ4v) is 2.51. The van der Waals surface area contributed by atoms with E-state index in [-0.39, 0.29) is 6.42 Å². The number of ether oxygens (including phenoxy) is 2. The Morgan fingerprint density at radius 1 is 1.27 bits per heavy atom. The number of methoxy groups -OCH3 is 2. The predicted molar refractivity (Wildman–Crippen MR) is 82.4 cm³/mol. The van der Waals surface area contributed by atoms with Crippen LogP contribution in [0.2, 0.25) is 0 Å². The van der Waals surface area contributed by atoms with Gasteiger partial charge in [0, 0.05) is 17.1 Å². The summed E-state index contributed by atoms with van der Waals surface area (Å²) < 4.78 is 9.45. The molecule has 0 aliphatic carbocycles. The SMILES string of the molecule is COC(=O)CC(C(=O)OC)c1ccc2c(CCN)c[nH]c2c1. The third-order valence-electron chi connectivity index (χ3n) is 3.69. The monoisotopic (exact) mass is 304 g/mol. The molecule has 1 atom stereocenters. The summed E-state index contributed by atoms with van der Waals surface area (Å²) in [6.45, 7) is 0.571. The number of aromatic amines is 1. The van der Waals surface area contributed by atoms with Crippen LogP contribution in [-0.2, 0) is 25.5 Å². The Labute approximate surface area is 128 Å². The minimum absolute atomic E-state index is 0.0505. The maximum atomic E-state index is 12.0. The van der Waals surface area contributed by atoms with Gasteiger partial charge < -0.3 is 20.2 Å². The molecule has 22 heavy (non-hydrogen) atoms. The van der Waals surface area contributed by atoms with Crippen molar-refractivity contribution in [1.82, 2.24) is 4.98 Å². The Hall–Kier alpha value is -2.34. The topological polar surface area (TPSA) is 94.4 Å². The van der Waals surface area contributed by atoms with Crippen LogP contribution >= 0.6 is 0 Å². The lowest BCUT2D eigenvalue weighted by molar-refractivity contribution is -0.149. The molecule has 0 radical (unpaired) electrons. The van der Waals surface area contributed by atoms with Crippen molar-refractivity contribution in [3.8, 4) is 0 Å². The fourth-order valence-electron chi connectivity index (χ4n) is 2.51. The van der Waals surface area contributed by atoms with Crippen molar-refractivity contribution in [3.05, 3.63) is 35.5 Å². The van der Waals surface area contributed by atoms with E-state index in [2.05, 4.69) is 9.72 Å². The summed E-state index contributed by atoms with van der Waals surface area (Å²) in [4.78, 5) is 26.6. The molecule has 0 saturated carbocycles. The van der Waals surface area contributed by atoms with Gasteiger partial charge in [0.1, 0.15) is 0 Å². The number of nitrogens with one attached hydrogen (secondary N) is 1. The van der Waals surface area contributed by atoms with Crippen LogP contribution in [0, 0.1) is 0 Å². The Balaban J connectivity index is 2.37. The lowest BCUT2D eigenvalue weighted by Gasteiger charge is -2.14. The summed E-state index contributed by atoms with van der Waals surface area (Å²) in [6.07, 6.45) is 2.64. The highest BCUT2D eigenvalue weighted by Gasteiger charge is 2.25. The smallest absolute Gasteiger partial charge is 0.313 e. The molecule has 0 fully saturated rings. The van der Waals surface area contributed by atoms with Crippen molar-refractivity contribution >= 4 is 22.8 Å². The predicted octanol–water partition coefficient (Wildman–Crippen LogP) is 1.49. The molecule has 1 unspecified atom stereocenters. The summed E-state index contributed by atoms with van der Waals surface area (Å²) in [6, 6.07) is 5.62. The number of hydrogen-bond acceptors (Lipinski definition) is 5. The number of H-pyrrole nitrogens is 1. The van der Waals surface area contributed by atoms with Gasteiger partial charge in [-0.05, 0) is 30.2 Å². The number of hydrogen-bond donors (Lipinski definition) is 2. The number of rotatable bonds is 6. The van der Waals surface area contributed by atoms with E-state index in [9.17, 15) is 9.59 Å². The molecule has 2 rings (SSSR count). The zero-order valence-electron chi connectivity index (χ0n) is 12.7. The van der Waals surface area contributed by atoms with E-state index in [1.165, 1.54) is 14.2 Å². The van der Waals surface area contributed by atoms with E-state index in [0.717, 1.165) is 22.9 Å². The van der Waals surface area contributed by atoms with E-state index in [1.54, 1.807) is 0 Å². The summed E-state index contributed by atoms with van der Waals surface area (Å²) in [5.41, 5.74) is 8.34. The van der Waals surface area contributed by atoms with Gasteiger partial charge >= 0.3 is 11.9 Å². The molecule has 6 nitrogen and oxygen atoms in total. The fraction of sp³-hybridized carbons (Fsp3) is 0.375. The summed E-state index contributed by atoms with van der Waals surface area (Å²) >= 11 is 0. The number of aromatic nitrogens is 1. The minimum Gasteiger partial charge on any atom is -0.469 e. The molecule has 0 aliphatic heterocycles. The van der Waals surface area contributed by atoms with E-state index in [0.29, 0.717) is 12.1 Å². The van der Waals surface area contributed by atoms with Crippen molar-refractivity contribution in [1.29, 1.82) is 0 Å². The van der Waals surface area contributed by atoms with Gasteiger partial charge in [0.05, 0.1) is 26.6 Å². The summed E-state index contributed by atoms with van der Waals surface area (Å²) in [5, 5.41) is 1.07. The van der Waals surface area contributed by atoms with E-state index < -0.39 is 17.9 Å². The highest BCUT2D eigenvalue weighted by Crippen LogP contribution is 2.27. The standard InChI is InChI=1S/C16H20N2O4/c1-21-15(19)8-13(16(20)22-2)10-3-4-12-11(5-6-17)9-18-14(12)7-10/h3-4,7,9,13,18H,5-6,8,17H2,1-2H3. The van der Waals surface area contributed by atoms with Crippen molar-refractivity contribution in [2.24, 2.45) is 5.73 Å². The molecular formula is C16H20N2O4. The van der Waals surface area contributed by atoms with Gasteiger partial charge in [-0.3, -0.25) is 9.59 Å². The number of carbonyl (C=O) groups is 2. The average molecular weight is 304 g/mol. The van der Waals surface area contributed by atoms with Crippen LogP contribution in [0.4, 0.5) is 0 Å². The van der Waals surface area contributed by atoms with Gasteiger partial charge in [-0.15, -0.1) is 0 Å². The molecule has 0 spiro atoms. The second kappa shape index (κ2) is 7.09. The molecular weight excluding hydrogens is 284 g/mol. The molecule has 0 amide bonds. The molecule has 0 saturated heterocycles. The van der Waals surface area contributed by atoms with Crippen molar-refractivity contribution in [2.45, 2.75) is 18.8 Å². The summed E-state index contributed by atoms with van der Waals surface area (Å²) in [5.74, 6) is -1.59. The van der Waals surface area contributed by atoms with Gasteiger partial charge in [0.25, 0.3) is 0 Å². The van der Waals surface area contributed by atoms with Crippen molar-refractivity contribution < 1.29 is 19.1 Å². The highest BCUT2D eigenvalue weighted by molar-refractivity contribution is 5.88. The first-order chi connectivity index (χ1) is 10.6. The lowest BCUT2D eigenvalue weighted by atomic mass is 9.94. The Morgan fingerprint density at radius 3 is 2.68 bits per heavy atom. The normalized spacial score (nSPS) is 12.1. The molecule has 118 valence electrons. The number of nitrogens with two attached hydrogens (primary N) is 1. The zero-order chi connectivity index (χ0) is 16.1. The Bertz CT molecular complexity index is 678. The minimum atomic E-state index is -0.678. The maximum absolute atomic E-state index is 12.0. The first-order valence-corrected chi connectivity index (χ1v) is 7.05. The number of fused-ring (bicyclic) bond motifs is 1. The first kappa shape index (κ1) is 16.0. The largest absolute Gasteiger partial charge is 0.469 e. The second-order valence-corrected chi connectivity index (χ2v) is 5.01. The molecule has 0 aliphatic rings. The second-order valence-electron chi connectivity index (χ2n) is 5.01. The Kier molecular flexibility index (Phi) is 5.16. The average Bonchev–Trinajstić information content (AvgIpc) is 2.94. The first-order valence-electron chi connectivity index (χ1n) is 7.05. The molecule has 1 heterocycles. The summed E-state index contributed by atoms with van der Waals surface area (Å²) in [7, 11) is 2.60. The molecule has 2 aromatic rings. The van der Waals surface area contributed by atoms with Crippen LogP contribution in [-0.4, -0.2) is 37.7 Å². The van der Waals surface area contributed by atoms with E-state index in [1.807, 2.05) is 24.4 Å². The number of esters is 2. The zero-order valence-corrected chi connectivity index (χ0v) is 12.7. The third kappa shape index (κ3) is 3.28. The highest BCUT2D eigenvalue weighted by atomic mass is 16.5. The molecule has 1 aromatic carbocycles. The lowest BCUT2D eigenvalue weighted by Crippen LogP contribution is -2.18. The van der Waals surface area contributed by atoms with Crippen LogP contribution in [0.3, 0.4) is 0 Å². The van der Waals surface area contributed by atoms with Gasteiger partial charge in [-0.2, -0.15) is 0 Å². The van der Waals surface area contributed by atoms with Crippen LogP contribution in [0.5, 0.6) is 0 Å². The molecule has 3 N–H and O–H groups in total. The van der Waals surface area contributed by atoms with Gasteiger partial charge in [0.2, 0.25) is 0 Å². The van der Waals surface area contributed by atoms with E-state index in [4.69, 9.17) is 10.5 Å². The number of carbonyl (C=O) groups excluding carboxylic acids is 2. The number of benzene rings is 1. The quantitative estimate of drug-likeness (QED) is 0.788. The van der Waals surface area contributed by atoms with Crippen LogP contribution < -0.4 is 5.73 Å². The van der Waals surface area contributed by atoms with Gasteiger partial charge in [0.15, 0.2) is 0 Å². The van der Waals surface area contributed by atoms with Crippen LogP contribution in [0.25, 0.3) is 10.9 Å². The van der Waals surface area contributed by atoms with Crippen LogP contribution in [0.1, 0.15) is 23.5 Å². The van der Waals surface area contributed by atoms with Gasteiger partial charge in [-0.1, -0.05) is 12.1 Å². The Morgan fingerprint density at radius 2 is 2.05 bits per heavy atom. The van der Waals surface area contributed by atoms with Crippen molar-refractivity contribution in [3.63, 3.8) is 0 Å². The third-order valence-corrected chi connectivity index (χ3v) is 3.69. The van der Waals surface area contributed by atoms with Crippen LogP contribution in [0.15, 0.2) is 24.4 Å². The molecule has 1 aromatic heterocycles. The van der Waals surface area contributed by atoms with Gasteiger partial charge in [-0.25, -0.2) is 0 Å². The van der Waals surface area contributed by atoms with Crippen molar-refractivity contribution in [2.75, 3.05) is 20.8 Å².